The standard InChI is InChI=1S/C13H26N4O2/c1-14-13(15-8-11-4-3-6-18-11)16-9-12-10-17(2)5-7-19-12/h11-12H,3-10H2,1-2H3,(H2,14,15,16). The predicted octanol–water partition coefficient (Wildman–Crippen LogP) is -0.339. The fourth-order valence-electron chi connectivity index (χ4n) is 2.44. The van der Waals surface area contributed by atoms with Crippen molar-refractivity contribution in [1.29, 1.82) is 0 Å². The van der Waals surface area contributed by atoms with E-state index in [0.717, 1.165) is 51.8 Å². The van der Waals surface area contributed by atoms with Crippen LogP contribution in [0.25, 0.3) is 0 Å². The Kier molecular flexibility index (Phi) is 5.88. The average Bonchev–Trinajstić information content (AvgIpc) is 2.92. The van der Waals surface area contributed by atoms with Crippen LogP contribution in [0.4, 0.5) is 0 Å². The SMILES string of the molecule is CN=C(NCC1CCCO1)NCC1CN(C)CCO1. The van der Waals surface area contributed by atoms with Crippen LogP contribution in [0.2, 0.25) is 0 Å². The maximum absolute atomic E-state index is 5.71. The van der Waals surface area contributed by atoms with Gasteiger partial charge >= 0.3 is 0 Å². The molecule has 6 nitrogen and oxygen atoms in total. The molecule has 6 heteroatoms. The van der Waals surface area contributed by atoms with E-state index in [0.29, 0.717) is 6.10 Å². The summed E-state index contributed by atoms with van der Waals surface area (Å²) in [6.07, 6.45) is 2.87. The van der Waals surface area contributed by atoms with Gasteiger partial charge in [0, 0.05) is 39.8 Å². The fraction of sp³-hybridized carbons (Fsp3) is 0.923. The molecular weight excluding hydrogens is 244 g/mol. The van der Waals surface area contributed by atoms with Crippen LogP contribution in [0.1, 0.15) is 12.8 Å². The van der Waals surface area contributed by atoms with Gasteiger partial charge in [0.2, 0.25) is 0 Å². The van der Waals surface area contributed by atoms with Crippen LogP contribution in [0.15, 0.2) is 4.99 Å². The first-order valence-corrected chi connectivity index (χ1v) is 7.14. The van der Waals surface area contributed by atoms with Crippen molar-refractivity contribution in [3.63, 3.8) is 0 Å². The number of hydrogen-bond acceptors (Lipinski definition) is 4. The molecule has 2 atom stereocenters. The molecule has 0 aliphatic carbocycles. The first-order valence-electron chi connectivity index (χ1n) is 7.14. The van der Waals surface area contributed by atoms with Gasteiger partial charge in [-0.15, -0.1) is 0 Å². The summed E-state index contributed by atoms with van der Waals surface area (Å²) >= 11 is 0. The molecule has 0 aromatic rings. The zero-order chi connectivity index (χ0) is 13.5. The summed E-state index contributed by atoms with van der Waals surface area (Å²) in [5.74, 6) is 0.826. The molecule has 2 rings (SSSR count). The molecule has 0 radical (unpaired) electrons. The number of hydrogen-bond donors (Lipinski definition) is 2. The highest BCUT2D eigenvalue weighted by molar-refractivity contribution is 5.79. The number of guanidine groups is 1. The number of nitrogens with one attached hydrogen (secondary N) is 2. The van der Waals surface area contributed by atoms with Crippen molar-refractivity contribution in [3.05, 3.63) is 0 Å². The second-order valence-corrected chi connectivity index (χ2v) is 5.22. The average molecular weight is 270 g/mol. The Bertz CT molecular complexity index is 292. The number of nitrogens with zero attached hydrogens (tertiary/aromatic N) is 2. The molecule has 0 aromatic carbocycles. The molecule has 0 spiro atoms. The molecule has 19 heavy (non-hydrogen) atoms. The topological polar surface area (TPSA) is 58.1 Å². The predicted molar refractivity (Wildman–Crippen MR) is 75.6 cm³/mol. The monoisotopic (exact) mass is 270 g/mol. The summed E-state index contributed by atoms with van der Waals surface area (Å²) in [4.78, 5) is 6.51. The summed E-state index contributed by atoms with van der Waals surface area (Å²) in [6, 6.07) is 0. The summed E-state index contributed by atoms with van der Waals surface area (Å²) in [6.45, 7) is 5.30. The van der Waals surface area contributed by atoms with Gasteiger partial charge in [-0.25, -0.2) is 0 Å². The van der Waals surface area contributed by atoms with E-state index in [2.05, 4.69) is 27.6 Å². The van der Waals surface area contributed by atoms with Crippen molar-refractivity contribution >= 4 is 5.96 Å². The Hall–Kier alpha value is -0.850. The van der Waals surface area contributed by atoms with E-state index in [1.54, 1.807) is 7.05 Å². The molecule has 2 aliphatic heterocycles. The van der Waals surface area contributed by atoms with E-state index in [9.17, 15) is 0 Å². The van der Waals surface area contributed by atoms with Gasteiger partial charge in [-0.1, -0.05) is 0 Å². The first kappa shape index (κ1) is 14.6. The lowest BCUT2D eigenvalue weighted by Gasteiger charge is -2.30. The third kappa shape index (κ3) is 4.97. The van der Waals surface area contributed by atoms with Crippen LogP contribution in [-0.4, -0.2) is 76.6 Å². The van der Waals surface area contributed by atoms with E-state index in [4.69, 9.17) is 9.47 Å². The Morgan fingerprint density at radius 3 is 2.58 bits per heavy atom. The number of morpholine rings is 1. The van der Waals surface area contributed by atoms with Crippen molar-refractivity contribution in [2.24, 2.45) is 4.99 Å². The maximum atomic E-state index is 5.71. The molecule has 0 amide bonds. The van der Waals surface area contributed by atoms with Gasteiger partial charge in [0.1, 0.15) is 0 Å². The minimum Gasteiger partial charge on any atom is -0.376 e. The van der Waals surface area contributed by atoms with Gasteiger partial charge in [-0.3, -0.25) is 4.99 Å². The van der Waals surface area contributed by atoms with Crippen LogP contribution in [0, 0.1) is 0 Å². The molecule has 2 heterocycles. The lowest BCUT2D eigenvalue weighted by Crippen LogP contribution is -2.49. The number of likely N-dealkylation sites (N-methyl/N-ethyl adjacent to an activating group) is 1. The third-order valence-corrected chi connectivity index (χ3v) is 3.58. The van der Waals surface area contributed by atoms with Crippen LogP contribution < -0.4 is 10.6 Å². The van der Waals surface area contributed by atoms with Gasteiger partial charge in [-0.2, -0.15) is 0 Å². The number of rotatable bonds is 4. The number of ether oxygens (including phenoxy) is 2. The van der Waals surface area contributed by atoms with Gasteiger partial charge in [0.05, 0.1) is 18.8 Å². The van der Waals surface area contributed by atoms with E-state index in [-0.39, 0.29) is 6.10 Å². The fourth-order valence-corrected chi connectivity index (χ4v) is 2.44. The molecule has 0 saturated carbocycles. The van der Waals surface area contributed by atoms with Crippen molar-refractivity contribution < 1.29 is 9.47 Å². The van der Waals surface area contributed by atoms with Crippen LogP contribution >= 0.6 is 0 Å². The Balaban J connectivity index is 1.64. The third-order valence-electron chi connectivity index (χ3n) is 3.58. The largest absolute Gasteiger partial charge is 0.376 e. The molecule has 110 valence electrons. The van der Waals surface area contributed by atoms with Crippen LogP contribution in [0.5, 0.6) is 0 Å². The van der Waals surface area contributed by atoms with E-state index < -0.39 is 0 Å². The second-order valence-electron chi connectivity index (χ2n) is 5.22. The van der Waals surface area contributed by atoms with Crippen LogP contribution in [-0.2, 0) is 9.47 Å². The summed E-state index contributed by atoms with van der Waals surface area (Å²) < 4.78 is 11.3. The van der Waals surface area contributed by atoms with Crippen LogP contribution in [0.3, 0.4) is 0 Å². The van der Waals surface area contributed by atoms with E-state index in [1.165, 1.54) is 6.42 Å². The maximum Gasteiger partial charge on any atom is 0.191 e. The van der Waals surface area contributed by atoms with Gasteiger partial charge in [-0.05, 0) is 19.9 Å². The van der Waals surface area contributed by atoms with E-state index in [1.807, 2.05) is 0 Å². The minimum absolute atomic E-state index is 0.236. The number of aliphatic imine (C=N–C) groups is 1. The minimum atomic E-state index is 0.236. The smallest absolute Gasteiger partial charge is 0.191 e. The Morgan fingerprint density at radius 2 is 1.95 bits per heavy atom. The van der Waals surface area contributed by atoms with Crippen molar-refractivity contribution in [2.45, 2.75) is 25.0 Å². The highest BCUT2D eigenvalue weighted by Gasteiger charge is 2.18. The van der Waals surface area contributed by atoms with Gasteiger partial charge < -0.3 is 25.0 Å². The molecule has 2 aliphatic rings. The quantitative estimate of drug-likeness (QED) is 0.541. The van der Waals surface area contributed by atoms with Crippen molar-refractivity contribution in [2.75, 3.05) is 53.5 Å². The van der Waals surface area contributed by atoms with E-state index >= 15 is 0 Å². The van der Waals surface area contributed by atoms with Crippen molar-refractivity contribution in [1.82, 2.24) is 15.5 Å². The summed E-state index contributed by atoms with van der Waals surface area (Å²) in [5, 5.41) is 6.62. The normalized spacial score (nSPS) is 29.5. The molecule has 2 saturated heterocycles. The highest BCUT2D eigenvalue weighted by Crippen LogP contribution is 2.10. The zero-order valence-corrected chi connectivity index (χ0v) is 12.0. The lowest BCUT2D eigenvalue weighted by molar-refractivity contribution is -0.0161. The summed E-state index contributed by atoms with van der Waals surface area (Å²) in [7, 11) is 3.92. The van der Waals surface area contributed by atoms with Gasteiger partial charge in [0.25, 0.3) is 0 Å². The zero-order valence-electron chi connectivity index (χ0n) is 12.0. The molecular formula is C13H26N4O2. The van der Waals surface area contributed by atoms with Crippen molar-refractivity contribution in [3.8, 4) is 0 Å². The molecule has 0 bridgehead atoms. The highest BCUT2D eigenvalue weighted by atomic mass is 16.5. The first-order chi connectivity index (χ1) is 9.28. The molecule has 2 fully saturated rings. The molecule has 2 unspecified atom stereocenters. The Morgan fingerprint density at radius 1 is 1.21 bits per heavy atom. The summed E-state index contributed by atoms with van der Waals surface area (Å²) in [5.41, 5.74) is 0. The molecule has 0 aromatic heterocycles. The lowest BCUT2D eigenvalue weighted by atomic mass is 10.2. The second kappa shape index (κ2) is 7.67. The van der Waals surface area contributed by atoms with Gasteiger partial charge in [0.15, 0.2) is 5.96 Å². The molecule has 2 N–H and O–H groups in total. The Labute approximate surface area is 115 Å².